The van der Waals surface area contributed by atoms with Gasteiger partial charge in [0.25, 0.3) is 11.8 Å². The van der Waals surface area contributed by atoms with Crippen LogP contribution in [0.15, 0.2) is 114 Å². The molecule has 1 heterocycles. The zero-order valence-electron chi connectivity index (χ0n) is 27.5. The van der Waals surface area contributed by atoms with Crippen LogP contribution in [-0.4, -0.2) is 28.0 Å². The van der Waals surface area contributed by atoms with E-state index < -0.39 is 5.91 Å². The Bertz CT molecular complexity index is 1920. The molecule has 244 valence electrons. The zero-order chi connectivity index (χ0) is 34.2. The summed E-state index contributed by atoms with van der Waals surface area (Å²) in [6, 6.07) is 32.1. The number of hydrogen-bond donors (Lipinski definition) is 3. The second kappa shape index (κ2) is 15.7. The van der Waals surface area contributed by atoms with Crippen molar-refractivity contribution in [2.45, 2.75) is 50.7 Å². The quantitative estimate of drug-likeness (QED) is 0.0959. The minimum Gasteiger partial charge on any atom is -0.321 e. The highest BCUT2D eigenvalue weighted by molar-refractivity contribution is 8.00. The normalized spacial score (nSPS) is 12.0. The number of carbonyl (C=O) groups is 3. The Kier molecular flexibility index (Phi) is 11.3. The van der Waals surface area contributed by atoms with Crippen molar-refractivity contribution in [3.8, 4) is 11.3 Å². The molecule has 0 aliphatic heterocycles. The van der Waals surface area contributed by atoms with Crippen molar-refractivity contribution in [3.63, 3.8) is 0 Å². The molecule has 0 spiro atoms. The summed E-state index contributed by atoms with van der Waals surface area (Å²) in [7, 11) is 0. The van der Waals surface area contributed by atoms with E-state index in [4.69, 9.17) is 0 Å². The molecule has 0 fully saturated rings. The number of amides is 3. The highest BCUT2D eigenvalue weighted by atomic mass is 32.2. The summed E-state index contributed by atoms with van der Waals surface area (Å²) in [4.78, 5) is 46.1. The minimum absolute atomic E-state index is 0.118. The fourth-order valence-corrected chi connectivity index (χ4v) is 6.50. The number of carbonyl (C=O) groups excluding carboxylic acids is 3. The molecule has 3 N–H and O–H groups in total. The molecule has 0 saturated heterocycles. The standard InChI is InChI=1S/C39H38N4O3S2/c1-24(2)29-17-13-28(14-18-29)23-34(41-37(45)31-9-7-6-8-10-31)38(46)40-32-19-21-33(22-20-32)47-27(5)36(44)43-39-42-35(26(4)48-39)30-15-11-25(3)12-16-30/h6-24,27H,1-5H3,(H,40,46)(H,41,45)(H,42,43,44)/b34-23-. The third kappa shape index (κ3) is 9.08. The number of aromatic nitrogens is 1. The second-order valence-corrected chi connectivity index (χ2v) is 14.3. The van der Waals surface area contributed by atoms with E-state index in [1.807, 2.05) is 87.5 Å². The van der Waals surface area contributed by atoms with E-state index >= 15 is 0 Å². The Morgan fingerprint density at radius 2 is 1.46 bits per heavy atom. The van der Waals surface area contributed by atoms with Gasteiger partial charge in [0.2, 0.25) is 5.91 Å². The maximum atomic E-state index is 13.5. The summed E-state index contributed by atoms with van der Waals surface area (Å²) >= 11 is 2.86. The molecule has 1 unspecified atom stereocenters. The zero-order valence-corrected chi connectivity index (χ0v) is 29.2. The Morgan fingerprint density at radius 3 is 2.10 bits per heavy atom. The molecule has 7 nitrogen and oxygen atoms in total. The van der Waals surface area contributed by atoms with Crippen LogP contribution < -0.4 is 16.0 Å². The first-order valence-electron chi connectivity index (χ1n) is 15.7. The van der Waals surface area contributed by atoms with Gasteiger partial charge in [0.1, 0.15) is 5.70 Å². The van der Waals surface area contributed by atoms with Crippen molar-refractivity contribution in [2.24, 2.45) is 0 Å². The van der Waals surface area contributed by atoms with Gasteiger partial charge < -0.3 is 16.0 Å². The van der Waals surface area contributed by atoms with Crippen LogP contribution in [0, 0.1) is 13.8 Å². The molecule has 0 radical (unpaired) electrons. The van der Waals surface area contributed by atoms with E-state index in [9.17, 15) is 14.4 Å². The lowest BCUT2D eigenvalue weighted by atomic mass is 10.0. The number of nitrogens with one attached hydrogen (secondary N) is 3. The van der Waals surface area contributed by atoms with Crippen molar-refractivity contribution in [3.05, 3.63) is 136 Å². The lowest BCUT2D eigenvalue weighted by Gasteiger charge is -2.13. The molecule has 4 aromatic carbocycles. The van der Waals surface area contributed by atoms with Crippen LogP contribution >= 0.6 is 23.1 Å². The summed E-state index contributed by atoms with van der Waals surface area (Å²) in [5.41, 5.74) is 6.16. The van der Waals surface area contributed by atoms with Gasteiger partial charge in [-0.2, -0.15) is 0 Å². The summed E-state index contributed by atoms with van der Waals surface area (Å²) < 4.78 is 0. The molecule has 0 aliphatic rings. The average molecular weight is 675 g/mol. The number of nitrogens with zero attached hydrogens (tertiary/aromatic N) is 1. The van der Waals surface area contributed by atoms with E-state index in [-0.39, 0.29) is 22.8 Å². The van der Waals surface area contributed by atoms with E-state index in [2.05, 4.69) is 34.8 Å². The van der Waals surface area contributed by atoms with Crippen LogP contribution in [-0.2, 0) is 9.59 Å². The van der Waals surface area contributed by atoms with Gasteiger partial charge in [0.15, 0.2) is 5.13 Å². The lowest BCUT2D eigenvalue weighted by molar-refractivity contribution is -0.115. The number of benzene rings is 4. The monoisotopic (exact) mass is 674 g/mol. The van der Waals surface area contributed by atoms with Gasteiger partial charge in [-0.3, -0.25) is 14.4 Å². The first kappa shape index (κ1) is 34.3. The Morgan fingerprint density at radius 1 is 0.792 bits per heavy atom. The van der Waals surface area contributed by atoms with E-state index in [1.54, 1.807) is 42.5 Å². The molecule has 1 atom stereocenters. The Balaban J connectivity index is 1.23. The highest BCUT2D eigenvalue weighted by Gasteiger charge is 2.19. The summed E-state index contributed by atoms with van der Waals surface area (Å²) in [5, 5.41) is 8.81. The molecule has 0 bridgehead atoms. The molecular formula is C39H38N4O3S2. The largest absolute Gasteiger partial charge is 0.321 e. The number of thiazole rings is 1. The van der Waals surface area contributed by atoms with Crippen LogP contribution in [0.3, 0.4) is 0 Å². The molecule has 0 aliphatic carbocycles. The fourth-order valence-electron chi connectivity index (χ4n) is 4.80. The molecule has 1 aromatic heterocycles. The predicted molar refractivity (Wildman–Crippen MR) is 198 cm³/mol. The smallest absolute Gasteiger partial charge is 0.272 e. The van der Waals surface area contributed by atoms with Gasteiger partial charge in [0, 0.05) is 26.6 Å². The molecule has 9 heteroatoms. The van der Waals surface area contributed by atoms with E-state index in [0.717, 1.165) is 26.6 Å². The predicted octanol–water partition coefficient (Wildman–Crippen LogP) is 9.08. The number of thioether (sulfide) groups is 1. The van der Waals surface area contributed by atoms with Gasteiger partial charge in [-0.25, -0.2) is 4.98 Å². The molecule has 5 aromatic rings. The Hall–Kier alpha value is -4.99. The van der Waals surface area contributed by atoms with Crippen LogP contribution in [0.25, 0.3) is 17.3 Å². The number of rotatable bonds is 11. The first-order valence-corrected chi connectivity index (χ1v) is 17.4. The fraction of sp³-hybridized carbons (Fsp3) is 0.179. The maximum Gasteiger partial charge on any atom is 0.272 e. The highest BCUT2D eigenvalue weighted by Crippen LogP contribution is 2.32. The molecule has 3 amide bonds. The van der Waals surface area contributed by atoms with Crippen molar-refractivity contribution in [1.29, 1.82) is 0 Å². The number of aryl methyl sites for hydroxylation is 2. The van der Waals surface area contributed by atoms with Crippen LogP contribution in [0.5, 0.6) is 0 Å². The third-order valence-electron chi connectivity index (χ3n) is 7.59. The lowest BCUT2D eigenvalue weighted by Crippen LogP contribution is -2.30. The van der Waals surface area contributed by atoms with Crippen LogP contribution in [0.4, 0.5) is 10.8 Å². The van der Waals surface area contributed by atoms with Gasteiger partial charge in [0.05, 0.1) is 10.9 Å². The van der Waals surface area contributed by atoms with Gasteiger partial charge in [-0.1, -0.05) is 86.1 Å². The second-order valence-electron chi connectivity index (χ2n) is 11.7. The summed E-state index contributed by atoms with van der Waals surface area (Å²) in [6.45, 7) is 10.1. The summed E-state index contributed by atoms with van der Waals surface area (Å²) in [5.74, 6) is -0.605. The molecular weight excluding hydrogens is 637 g/mol. The van der Waals surface area contributed by atoms with Crippen LogP contribution in [0.1, 0.15) is 58.6 Å². The third-order valence-corrected chi connectivity index (χ3v) is 9.59. The van der Waals surface area contributed by atoms with Crippen molar-refractivity contribution in [2.75, 3.05) is 10.6 Å². The van der Waals surface area contributed by atoms with Gasteiger partial charge >= 0.3 is 0 Å². The SMILES string of the molecule is Cc1ccc(-c2nc(NC(=O)C(C)Sc3ccc(NC(=O)/C(=C/c4ccc(C(C)C)cc4)NC(=O)c4ccccc4)cc3)sc2C)cc1. The molecule has 48 heavy (non-hydrogen) atoms. The average Bonchev–Trinajstić information content (AvgIpc) is 3.45. The van der Waals surface area contributed by atoms with Crippen molar-refractivity contribution in [1.82, 2.24) is 10.3 Å². The van der Waals surface area contributed by atoms with Crippen molar-refractivity contribution < 1.29 is 14.4 Å². The first-order chi connectivity index (χ1) is 23.0. The summed E-state index contributed by atoms with van der Waals surface area (Å²) in [6.07, 6.45) is 1.67. The van der Waals surface area contributed by atoms with Crippen molar-refractivity contribution >= 4 is 57.7 Å². The Labute approximate surface area is 289 Å². The van der Waals surface area contributed by atoms with E-state index in [0.29, 0.717) is 22.3 Å². The molecule has 0 saturated carbocycles. The topological polar surface area (TPSA) is 100 Å². The maximum absolute atomic E-state index is 13.5. The van der Waals surface area contributed by atoms with Crippen LogP contribution in [0.2, 0.25) is 0 Å². The van der Waals surface area contributed by atoms with Gasteiger partial charge in [-0.05, 0) is 80.3 Å². The number of hydrogen-bond acceptors (Lipinski definition) is 6. The van der Waals surface area contributed by atoms with E-state index in [1.165, 1.54) is 34.2 Å². The molecule has 5 rings (SSSR count). The minimum atomic E-state index is -0.455. The van der Waals surface area contributed by atoms with Gasteiger partial charge in [-0.15, -0.1) is 23.1 Å². The number of anilines is 2.